The number of carbonyl (C=O) groups excluding carboxylic acids is 2. The molecule has 6 aromatic rings. The molecule has 0 fully saturated rings. The summed E-state index contributed by atoms with van der Waals surface area (Å²) in [6, 6.07) is 56.8. The van der Waals surface area contributed by atoms with E-state index in [1.165, 1.54) is 34.4 Å². The Kier molecular flexibility index (Phi) is 11.5. The minimum Gasteiger partial charge on any atom is -0.363 e. The SMILES string of the molecule is O=C(/C=C/C(=O)Nc1cccc(N(Cc2ccccc2)Cc2ccccc2)c1)Nc1cccc(N(Cc2ccccc2)Cc2ccccc2)c1. The van der Waals surface area contributed by atoms with Gasteiger partial charge in [0.15, 0.2) is 0 Å². The van der Waals surface area contributed by atoms with Gasteiger partial charge in [0, 0.05) is 61.1 Å². The normalized spacial score (nSPS) is 10.8. The zero-order valence-corrected chi connectivity index (χ0v) is 27.9. The van der Waals surface area contributed by atoms with Crippen LogP contribution in [-0.2, 0) is 35.8 Å². The molecule has 0 bridgehead atoms. The molecule has 0 saturated carbocycles. The first kappa shape index (κ1) is 33.5. The molecule has 0 aliphatic carbocycles. The second-order valence-corrected chi connectivity index (χ2v) is 12.1. The van der Waals surface area contributed by atoms with E-state index in [-0.39, 0.29) is 11.8 Å². The predicted octanol–water partition coefficient (Wildman–Crippen LogP) is 9.23. The Hall–Kier alpha value is -6.40. The Labute approximate surface area is 294 Å². The second-order valence-electron chi connectivity index (χ2n) is 12.1. The number of nitrogens with one attached hydrogen (secondary N) is 2. The van der Waals surface area contributed by atoms with Crippen LogP contribution in [0.4, 0.5) is 22.7 Å². The van der Waals surface area contributed by atoms with E-state index in [9.17, 15) is 9.59 Å². The molecule has 6 nitrogen and oxygen atoms in total. The van der Waals surface area contributed by atoms with Crippen LogP contribution in [0.2, 0.25) is 0 Å². The van der Waals surface area contributed by atoms with E-state index in [1.54, 1.807) is 0 Å². The smallest absolute Gasteiger partial charge is 0.248 e. The van der Waals surface area contributed by atoms with Crippen LogP contribution < -0.4 is 20.4 Å². The lowest BCUT2D eigenvalue weighted by molar-refractivity contribution is -0.114. The molecule has 0 spiro atoms. The van der Waals surface area contributed by atoms with Crippen molar-refractivity contribution in [2.75, 3.05) is 20.4 Å². The molecule has 0 unspecified atom stereocenters. The average molecular weight is 657 g/mol. The lowest BCUT2D eigenvalue weighted by Gasteiger charge is -2.26. The van der Waals surface area contributed by atoms with Gasteiger partial charge in [0.1, 0.15) is 0 Å². The molecule has 0 heterocycles. The molecular formula is C44H40N4O2. The molecule has 6 rings (SSSR count). The quantitative estimate of drug-likeness (QED) is 0.115. The zero-order chi connectivity index (χ0) is 34.4. The first-order chi connectivity index (χ1) is 24.6. The highest BCUT2D eigenvalue weighted by molar-refractivity contribution is 6.07. The van der Waals surface area contributed by atoms with Crippen LogP contribution in [0.5, 0.6) is 0 Å². The molecular weight excluding hydrogens is 617 g/mol. The monoisotopic (exact) mass is 656 g/mol. The Morgan fingerprint density at radius 3 is 1.00 bits per heavy atom. The lowest BCUT2D eigenvalue weighted by Crippen LogP contribution is -2.22. The summed E-state index contributed by atoms with van der Waals surface area (Å²) in [5.41, 5.74) is 8.02. The minimum absolute atomic E-state index is 0.388. The third-order valence-electron chi connectivity index (χ3n) is 8.21. The first-order valence-electron chi connectivity index (χ1n) is 16.7. The number of anilines is 4. The van der Waals surface area contributed by atoms with E-state index in [0.717, 1.165) is 11.4 Å². The van der Waals surface area contributed by atoms with Crippen molar-refractivity contribution in [2.45, 2.75) is 26.2 Å². The molecule has 0 aliphatic rings. The lowest BCUT2D eigenvalue weighted by atomic mass is 10.1. The van der Waals surface area contributed by atoms with Crippen LogP contribution >= 0.6 is 0 Å². The van der Waals surface area contributed by atoms with E-state index < -0.39 is 0 Å². The van der Waals surface area contributed by atoms with Crippen molar-refractivity contribution in [3.05, 3.63) is 204 Å². The van der Waals surface area contributed by atoms with Crippen molar-refractivity contribution in [3.63, 3.8) is 0 Å². The Morgan fingerprint density at radius 2 is 0.700 bits per heavy atom. The van der Waals surface area contributed by atoms with Gasteiger partial charge in [-0.2, -0.15) is 0 Å². The Balaban J connectivity index is 1.10. The standard InChI is InChI=1S/C44H40N4O2/c49-43(45-39-23-13-25-41(29-39)47(31-35-15-5-1-6-16-35)32-36-17-7-2-8-18-36)27-28-44(50)46-40-24-14-26-42(30-40)48(33-37-19-9-3-10-20-37)34-38-21-11-4-12-22-38/h1-30H,31-34H2,(H,45,49)(H,46,50)/b28-27+. The summed E-state index contributed by atoms with van der Waals surface area (Å²) >= 11 is 0. The molecule has 2 amide bonds. The van der Waals surface area contributed by atoms with Gasteiger partial charge in [-0.15, -0.1) is 0 Å². The summed E-state index contributed by atoms with van der Waals surface area (Å²) in [6.45, 7) is 2.85. The van der Waals surface area contributed by atoms with Crippen molar-refractivity contribution in [3.8, 4) is 0 Å². The van der Waals surface area contributed by atoms with Gasteiger partial charge in [0.25, 0.3) is 0 Å². The largest absolute Gasteiger partial charge is 0.363 e. The van der Waals surface area contributed by atoms with Gasteiger partial charge in [-0.3, -0.25) is 9.59 Å². The number of nitrogens with zero attached hydrogens (tertiary/aromatic N) is 2. The van der Waals surface area contributed by atoms with Gasteiger partial charge in [0.05, 0.1) is 0 Å². The number of hydrogen-bond donors (Lipinski definition) is 2. The highest BCUT2D eigenvalue weighted by Gasteiger charge is 2.12. The summed E-state index contributed by atoms with van der Waals surface area (Å²) in [5, 5.41) is 5.83. The summed E-state index contributed by atoms with van der Waals surface area (Å²) < 4.78 is 0. The average Bonchev–Trinajstić information content (AvgIpc) is 3.15. The molecule has 0 saturated heterocycles. The Bertz CT molecular complexity index is 1770. The third kappa shape index (κ3) is 10.1. The van der Waals surface area contributed by atoms with Crippen LogP contribution in [0.3, 0.4) is 0 Å². The van der Waals surface area contributed by atoms with E-state index >= 15 is 0 Å². The molecule has 248 valence electrons. The molecule has 0 radical (unpaired) electrons. The summed E-state index contributed by atoms with van der Waals surface area (Å²) in [6.07, 6.45) is 2.52. The number of carbonyl (C=O) groups is 2. The fourth-order valence-corrected chi connectivity index (χ4v) is 5.77. The van der Waals surface area contributed by atoms with Gasteiger partial charge in [-0.05, 0) is 58.7 Å². The third-order valence-corrected chi connectivity index (χ3v) is 8.21. The molecule has 0 aromatic heterocycles. The van der Waals surface area contributed by atoms with Gasteiger partial charge in [-0.1, -0.05) is 133 Å². The zero-order valence-electron chi connectivity index (χ0n) is 27.9. The number of amides is 2. The van der Waals surface area contributed by atoms with Crippen molar-refractivity contribution in [1.29, 1.82) is 0 Å². The molecule has 6 heteroatoms. The fourth-order valence-electron chi connectivity index (χ4n) is 5.77. The Morgan fingerprint density at radius 1 is 0.400 bits per heavy atom. The number of rotatable bonds is 14. The minimum atomic E-state index is -0.388. The van der Waals surface area contributed by atoms with Gasteiger partial charge < -0.3 is 20.4 Å². The van der Waals surface area contributed by atoms with Crippen LogP contribution in [0.25, 0.3) is 0 Å². The number of benzene rings is 6. The van der Waals surface area contributed by atoms with Crippen molar-refractivity contribution >= 4 is 34.6 Å². The van der Waals surface area contributed by atoms with Gasteiger partial charge in [-0.25, -0.2) is 0 Å². The van der Waals surface area contributed by atoms with E-state index in [0.29, 0.717) is 37.6 Å². The van der Waals surface area contributed by atoms with Gasteiger partial charge >= 0.3 is 0 Å². The maximum atomic E-state index is 12.9. The second kappa shape index (κ2) is 17.1. The van der Waals surface area contributed by atoms with E-state index in [2.05, 4.69) is 69.0 Å². The molecule has 2 N–H and O–H groups in total. The van der Waals surface area contributed by atoms with Crippen molar-refractivity contribution < 1.29 is 9.59 Å². The van der Waals surface area contributed by atoms with Crippen LogP contribution in [0.15, 0.2) is 182 Å². The summed E-state index contributed by atoms with van der Waals surface area (Å²) in [4.78, 5) is 30.4. The maximum absolute atomic E-state index is 12.9. The molecule has 0 atom stereocenters. The topological polar surface area (TPSA) is 64.7 Å². The van der Waals surface area contributed by atoms with E-state index in [1.807, 2.05) is 121 Å². The van der Waals surface area contributed by atoms with E-state index in [4.69, 9.17) is 0 Å². The van der Waals surface area contributed by atoms with Crippen LogP contribution in [0, 0.1) is 0 Å². The highest BCUT2D eigenvalue weighted by Crippen LogP contribution is 2.25. The van der Waals surface area contributed by atoms with Crippen molar-refractivity contribution in [1.82, 2.24) is 0 Å². The van der Waals surface area contributed by atoms with Crippen LogP contribution in [0.1, 0.15) is 22.3 Å². The molecule has 50 heavy (non-hydrogen) atoms. The first-order valence-corrected chi connectivity index (χ1v) is 16.7. The number of hydrogen-bond acceptors (Lipinski definition) is 4. The summed E-state index contributed by atoms with van der Waals surface area (Å²) in [5.74, 6) is -0.777. The molecule has 6 aromatic carbocycles. The van der Waals surface area contributed by atoms with Crippen LogP contribution in [-0.4, -0.2) is 11.8 Å². The molecule has 0 aliphatic heterocycles. The summed E-state index contributed by atoms with van der Waals surface area (Å²) in [7, 11) is 0. The van der Waals surface area contributed by atoms with Crippen molar-refractivity contribution in [2.24, 2.45) is 0 Å². The van der Waals surface area contributed by atoms with Gasteiger partial charge in [0.2, 0.25) is 11.8 Å². The predicted molar refractivity (Wildman–Crippen MR) is 205 cm³/mol. The maximum Gasteiger partial charge on any atom is 0.248 e. The highest BCUT2D eigenvalue weighted by atomic mass is 16.2. The fraction of sp³-hybridized carbons (Fsp3) is 0.0909.